The molecule has 226 valence electrons. The van der Waals surface area contributed by atoms with E-state index >= 15 is 0 Å². The smallest absolute Gasteiger partial charge is 0.406 e. The lowest BCUT2D eigenvalue weighted by molar-refractivity contribution is -0.140. The Bertz CT molecular complexity index is 1430. The fourth-order valence-corrected chi connectivity index (χ4v) is 5.81. The number of hydrogen-bond acceptors (Lipinski definition) is 5. The number of anilines is 2. The monoisotopic (exact) mass is 583 g/mol. The highest BCUT2D eigenvalue weighted by Crippen LogP contribution is 2.33. The van der Waals surface area contributed by atoms with Crippen LogP contribution in [0.5, 0.6) is 5.75 Å². The molecule has 1 heterocycles. The number of nitrogens with zero attached hydrogens (tertiary/aromatic N) is 2. The summed E-state index contributed by atoms with van der Waals surface area (Å²) in [6.45, 7) is 5.52. The predicted molar refractivity (Wildman–Crippen MR) is 162 cm³/mol. The molecule has 4 rings (SSSR count). The van der Waals surface area contributed by atoms with Crippen molar-refractivity contribution in [2.75, 3.05) is 44.4 Å². The van der Waals surface area contributed by atoms with Gasteiger partial charge in [0.15, 0.2) is 0 Å². The van der Waals surface area contributed by atoms with Gasteiger partial charge < -0.3 is 30.2 Å². The van der Waals surface area contributed by atoms with Crippen molar-refractivity contribution >= 4 is 28.2 Å². The largest absolute Gasteiger partial charge is 0.495 e. The summed E-state index contributed by atoms with van der Waals surface area (Å²) in [6, 6.07) is 13.0. The standard InChI is InChI=1S/C32H40F3N5O2/c1-5-39(6-2)24-15-13-23(14-16-24)38-27-10-7-11-29-26(27)20-25(40(29)21-32(33,34)35)9-8-18-37-28-17-12-22(31(41)36-3)19-30(28)42-4/h7,10-12,17,19-20,23-24,37-38H,5-6,13-16,18,21H2,1-4H3,(H,36,41)/t23-,24+. The molecule has 0 radical (unpaired) electrons. The number of benzene rings is 2. The Balaban J connectivity index is 1.54. The van der Waals surface area contributed by atoms with Crippen LogP contribution in [0.2, 0.25) is 0 Å². The molecule has 1 saturated carbocycles. The molecule has 0 atom stereocenters. The van der Waals surface area contributed by atoms with Crippen molar-refractivity contribution in [3.8, 4) is 17.6 Å². The van der Waals surface area contributed by atoms with Crippen LogP contribution in [0.1, 0.15) is 55.6 Å². The number of carbonyl (C=O) groups excluding carboxylic acids is 1. The number of nitrogens with one attached hydrogen (secondary N) is 3. The lowest BCUT2D eigenvalue weighted by Crippen LogP contribution is -2.40. The Kier molecular flexibility index (Phi) is 10.3. The van der Waals surface area contributed by atoms with Gasteiger partial charge in [-0.2, -0.15) is 13.2 Å². The maximum absolute atomic E-state index is 13.6. The van der Waals surface area contributed by atoms with Crippen LogP contribution in [0.25, 0.3) is 10.9 Å². The predicted octanol–water partition coefficient (Wildman–Crippen LogP) is 6.10. The van der Waals surface area contributed by atoms with E-state index < -0.39 is 12.7 Å². The minimum Gasteiger partial charge on any atom is -0.495 e. The molecule has 1 aliphatic carbocycles. The van der Waals surface area contributed by atoms with Crippen LogP contribution in [0, 0.1) is 11.8 Å². The van der Waals surface area contributed by atoms with Crippen LogP contribution in [0.3, 0.4) is 0 Å². The number of hydrogen-bond donors (Lipinski definition) is 3. The Morgan fingerprint density at radius 3 is 2.45 bits per heavy atom. The third-order valence-electron chi connectivity index (χ3n) is 7.94. The number of rotatable bonds is 10. The maximum Gasteiger partial charge on any atom is 0.406 e. The zero-order chi connectivity index (χ0) is 30.3. The van der Waals surface area contributed by atoms with E-state index in [1.54, 1.807) is 43.4 Å². The minimum absolute atomic E-state index is 0.171. The summed E-state index contributed by atoms with van der Waals surface area (Å²) in [6.07, 6.45) is -0.146. The Labute approximate surface area is 245 Å². The van der Waals surface area contributed by atoms with Gasteiger partial charge in [0.1, 0.15) is 12.3 Å². The Morgan fingerprint density at radius 1 is 1.07 bits per heavy atom. The first-order valence-electron chi connectivity index (χ1n) is 14.5. The van der Waals surface area contributed by atoms with Crippen molar-refractivity contribution in [1.82, 2.24) is 14.8 Å². The minimum atomic E-state index is -4.40. The van der Waals surface area contributed by atoms with Crippen LogP contribution in [-0.2, 0) is 6.54 Å². The molecule has 1 aliphatic rings. The van der Waals surface area contributed by atoms with Crippen LogP contribution >= 0.6 is 0 Å². The van der Waals surface area contributed by atoms with Gasteiger partial charge in [-0.1, -0.05) is 25.8 Å². The fourth-order valence-electron chi connectivity index (χ4n) is 5.81. The van der Waals surface area contributed by atoms with Gasteiger partial charge in [0, 0.05) is 35.8 Å². The van der Waals surface area contributed by atoms with Crippen LogP contribution in [0.15, 0.2) is 42.5 Å². The normalized spacial score (nSPS) is 17.0. The zero-order valence-electron chi connectivity index (χ0n) is 24.7. The second-order valence-electron chi connectivity index (χ2n) is 10.5. The molecule has 0 unspecified atom stereocenters. The molecule has 1 amide bonds. The summed E-state index contributed by atoms with van der Waals surface area (Å²) in [7, 11) is 3.05. The summed E-state index contributed by atoms with van der Waals surface area (Å²) in [4.78, 5) is 14.4. The molecule has 1 aromatic heterocycles. The van der Waals surface area contributed by atoms with Crippen LogP contribution in [-0.4, -0.2) is 67.4 Å². The van der Waals surface area contributed by atoms with Gasteiger partial charge in [0.05, 0.1) is 30.6 Å². The molecule has 0 spiro atoms. The number of alkyl halides is 3. The highest BCUT2D eigenvalue weighted by atomic mass is 19.4. The molecular weight excluding hydrogens is 543 g/mol. The van der Waals surface area contributed by atoms with E-state index in [1.807, 2.05) is 6.07 Å². The van der Waals surface area contributed by atoms with Gasteiger partial charge in [0.25, 0.3) is 5.91 Å². The molecule has 0 bridgehead atoms. The number of amides is 1. The van der Waals surface area contributed by atoms with Crippen molar-refractivity contribution < 1.29 is 22.7 Å². The van der Waals surface area contributed by atoms with Gasteiger partial charge in [-0.15, -0.1) is 0 Å². The third-order valence-corrected chi connectivity index (χ3v) is 7.94. The second kappa shape index (κ2) is 13.9. The van der Waals surface area contributed by atoms with Gasteiger partial charge >= 0.3 is 6.18 Å². The average molecular weight is 584 g/mol. The number of aromatic nitrogens is 1. The van der Waals surface area contributed by atoms with Crippen LogP contribution in [0.4, 0.5) is 24.5 Å². The fraction of sp³-hybridized carbons (Fsp3) is 0.469. The number of fused-ring (bicyclic) bond motifs is 1. The molecule has 0 saturated heterocycles. The van der Waals surface area contributed by atoms with Crippen molar-refractivity contribution in [3.63, 3.8) is 0 Å². The summed E-state index contributed by atoms with van der Waals surface area (Å²) in [5, 5.41) is 10.1. The SMILES string of the molecule is CCN(CC)[C@H]1CC[C@@H](Nc2cccc3c2cc(C#CCNc2ccc(C(=O)NC)cc2OC)n3CC(F)(F)F)CC1. The van der Waals surface area contributed by atoms with E-state index in [1.165, 1.54) is 11.7 Å². The first-order valence-corrected chi connectivity index (χ1v) is 14.5. The Hall–Kier alpha value is -3.84. The van der Waals surface area contributed by atoms with Crippen molar-refractivity contribution in [3.05, 3.63) is 53.7 Å². The molecule has 3 N–H and O–H groups in total. The molecule has 0 aliphatic heterocycles. The highest BCUT2D eigenvalue weighted by molar-refractivity contribution is 5.95. The first kappa shape index (κ1) is 31.1. The van der Waals surface area contributed by atoms with E-state index in [4.69, 9.17) is 4.74 Å². The number of halogens is 3. The van der Waals surface area contributed by atoms with Crippen LogP contribution < -0.4 is 20.7 Å². The quantitative estimate of drug-likeness (QED) is 0.252. The van der Waals surface area contributed by atoms with Gasteiger partial charge in [-0.3, -0.25) is 4.79 Å². The summed E-state index contributed by atoms with van der Waals surface area (Å²) < 4.78 is 47.5. The molecule has 1 fully saturated rings. The van der Waals surface area contributed by atoms with Gasteiger partial charge in [-0.05, 0) is 81.1 Å². The van der Waals surface area contributed by atoms with E-state index in [0.717, 1.165) is 49.8 Å². The topological polar surface area (TPSA) is 70.6 Å². The summed E-state index contributed by atoms with van der Waals surface area (Å²) in [5.41, 5.74) is 2.70. The summed E-state index contributed by atoms with van der Waals surface area (Å²) in [5.74, 6) is 6.13. The molecule has 3 aromatic rings. The van der Waals surface area contributed by atoms with Crippen molar-refractivity contribution in [2.24, 2.45) is 0 Å². The van der Waals surface area contributed by atoms with Gasteiger partial charge in [-0.25, -0.2) is 0 Å². The zero-order valence-corrected chi connectivity index (χ0v) is 24.7. The van der Waals surface area contributed by atoms with Crippen molar-refractivity contribution in [2.45, 2.75) is 64.3 Å². The highest BCUT2D eigenvalue weighted by Gasteiger charge is 2.30. The molecule has 2 aromatic carbocycles. The van der Waals surface area contributed by atoms with Gasteiger partial charge in [0.2, 0.25) is 0 Å². The van der Waals surface area contributed by atoms with Crippen molar-refractivity contribution in [1.29, 1.82) is 0 Å². The maximum atomic E-state index is 13.6. The number of ether oxygens (including phenoxy) is 1. The molecule has 10 heteroatoms. The lowest BCUT2D eigenvalue weighted by atomic mass is 9.90. The molecular formula is C32H40F3N5O2. The number of methoxy groups -OCH3 is 1. The average Bonchev–Trinajstić information content (AvgIpc) is 3.32. The third kappa shape index (κ3) is 7.51. The molecule has 42 heavy (non-hydrogen) atoms. The van der Waals surface area contributed by atoms with E-state index in [9.17, 15) is 18.0 Å². The molecule has 7 nitrogen and oxygen atoms in total. The summed E-state index contributed by atoms with van der Waals surface area (Å²) >= 11 is 0. The first-order chi connectivity index (χ1) is 20.2. The van der Waals surface area contributed by atoms with E-state index in [0.29, 0.717) is 34.3 Å². The van der Waals surface area contributed by atoms with E-state index in [2.05, 4.69) is 46.5 Å². The lowest BCUT2D eigenvalue weighted by Gasteiger charge is -2.36. The Morgan fingerprint density at radius 2 is 1.81 bits per heavy atom. The number of carbonyl (C=O) groups is 1. The van der Waals surface area contributed by atoms with E-state index in [-0.39, 0.29) is 18.5 Å². The second-order valence-corrected chi connectivity index (χ2v) is 10.5.